The molecule has 1 amide bonds. The van der Waals surface area contributed by atoms with E-state index in [4.69, 9.17) is 4.74 Å². The number of carbonyl (C=O) groups is 1. The van der Waals surface area contributed by atoms with Crippen LogP contribution in [0, 0.1) is 0 Å². The van der Waals surface area contributed by atoms with Crippen molar-refractivity contribution in [2.24, 2.45) is 0 Å². The van der Waals surface area contributed by atoms with Crippen LogP contribution < -0.4 is 15.4 Å². The van der Waals surface area contributed by atoms with Gasteiger partial charge in [-0.1, -0.05) is 0 Å². The van der Waals surface area contributed by atoms with Crippen molar-refractivity contribution in [3.05, 3.63) is 29.8 Å². The maximum atomic E-state index is 12.1. The van der Waals surface area contributed by atoms with E-state index < -0.39 is 0 Å². The first-order chi connectivity index (χ1) is 8.70. The quantitative estimate of drug-likeness (QED) is 0.892. The Morgan fingerprint density at radius 1 is 1.37 bits per heavy atom. The predicted octanol–water partition coefficient (Wildman–Crippen LogP) is 1.99. The van der Waals surface area contributed by atoms with Gasteiger partial charge in [0, 0.05) is 17.6 Å². The second kappa shape index (κ2) is 7.36. The molecule has 5 heteroatoms. The van der Waals surface area contributed by atoms with Gasteiger partial charge in [0.05, 0.1) is 7.11 Å². The van der Waals surface area contributed by atoms with Gasteiger partial charge in [-0.05, 0) is 50.6 Å². The van der Waals surface area contributed by atoms with Crippen LogP contribution in [0.4, 0.5) is 0 Å². The molecular formula is C14H21ClN2O2. The molecule has 0 aromatic heterocycles. The predicted molar refractivity (Wildman–Crippen MR) is 78.2 cm³/mol. The van der Waals surface area contributed by atoms with Crippen LogP contribution in [0.15, 0.2) is 24.3 Å². The number of piperidine rings is 1. The summed E-state index contributed by atoms with van der Waals surface area (Å²) in [7, 11) is 1.62. The van der Waals surface area contributed by atoms with Crippen LogP contribution in [-0.2, 0) is 0 Å². The minimum atomic E-state index is -0.0156. The van der Waals surface area contributed by atoms with Gasteiger partial charge in [0.1, 0.15) is 5.75 Å². The summed E-state index contributed by atoms with van der Waals surface area (Å²) in [6, 6.07) is 7.73. The molecule has 1 fully saturated rings. The number of ether oxygens (including phenoxy) is 1. The third-order valence-corrected chi connectivity index (χ3v) is 3.43. The number of methoxy groups -OCH3 is 1. The van der Waals surface area contributed by atoms with Crippen LogP contribution in [-0.4, -0.2) is 31.6 Å². The molecule has 1 aliphatic rings. The van der Waals surface area contributed by atoms with Crippen LogP contribution in [0.5, 0.6) is 5.75 Å². The van der Waals surface area contributed by atoms with Crippen molar-refractivity contribution in [1.82, 2.24) is 10.6 Å². The van der Waals surface area contributed by atoms with E-state index in [9.17, 15) is 4.79 Å². The number of rotatable bonds is 3. The fourth-order valence-corrected chi connectivity index (χ4v) is 2.24. The lowest BCUT2D eigenvalue weighted by Crippen LogP contribution is -2.51. The van der Waals surface area contributed by atoms with Gasteiger partial charge in [0.15, 0.2) is 0 Å². The zero-order valence-corrected chi connectivity index (χ0v) is 12.1. The molecule has 0 aliphatic carbocycles. The molecule has 106 valence electrons. The zero-order valence-electron chi connectivity index (χ0n) is 11.3. The largest absolute Gasteiger partial charge is 0.497 e. The van der Waals surface area contributed by atoms with E-state index in [1.165, 1.54) is 0 Å². The molecule has 4 nitrogen and oxygen atoms in total. The van der Waals surface area contributed by atoms with Crippen molar-refractivity contribution >= 4 is 18.3 Å². The highest BCUT2D eigenvalue weighted by molar-refractivity contribution is 5.94. The van der Waals surface area contributed by atoms with Gasteiger partial charge in [-0.3, -0.25) is 4.79 Å². The number of halogens is 1. The fraction of sp³-hybridized carbons (Fsp3) is 0.500. The molecule has 0 spiro atoms. The van der Waals surface area contributed by atoms with Gasteiger partial charge < -0.3 is 15.4 Å². The van der Waals surface area contributed by atoms with Gasteiger partial charge in [-0.25, -0.2) is 0 Å². The first kappa shape index (κ1) is 15.8. The van der Waals surface area contributed by atoms with E-state index in [1.807, 2.05) is 0 Å². The Morgan fingerprint density at radius 3 is 2.63 bits per heavy atom. The smallest absolute Gasteiger partial charge is 0.251 e. The van der Waals surface area contributed by atoms with Crippen LogP contribution in [0.1, 0.15) is 30.1 Å². The Bertz CT molecular complexity index is 408. The molecule has 19 heavy (non-hydrogen) atoms. The van der Waals surface area contributed by atoms with Crippen molar-refractivity contribution in [3.8, 4) is 5.75 Å². The molecule has 0 saturated carbocycles. The number of carbonyl (C=O) groups excluding carboxylic acids is 1. The first-order valence-electron chi connectivity index (χ1n) is 6.39. The number of amides is 1. The average molecular weight is 285 g/mol. The average Bonchev–Trinajstić information content (AvgIpc) is 2.41. The maximum Gasteiger partial charge on any atom is 0.251 e. The standard InChI is InChI=1S/C14H20N2O2.ClH/c1-10-13(4-3-9-15-10)16-14(17)11-5-7-12(18-2)8-6-11;/h5-8,10,13,15H,3-4,9H2,1-2H3,(H,16,17);1H. The van der Waals surface area contributed by atoms with Crippen molar-refractivity contribution in [1.29, 1.82) is 0 Å². The van der Waals surface area contributed by atoms with Gasteiger partial charge in [0.25, 0.3) is 5.91 Å². The summed E-state index contributed by atoms with van der Waals surface area (Å²) in [5.74, 6) is 0.748. The Hall–Kier alpha value is -1.26. The second-order valence-electron chi connectivity index (χ2n) is 4.69. The normalized spacial score (nSPS) is 22.2. The highest BCUT2D eigenvalue weighted by atomic mass is 35.5. The van der Waals surface area contributed by atoms with E-state index in [0.717, 1.165) is 25.1 Å². The lowest BCUT2D eigenvalue weighted by Gasteiger charge is -2.30. The van der Waals surface area contributed by atoms with Crippen molar-refractivity contribution in [2.75, 3.05) is 13.7 Å². The van der Waals surface area contributed by atoms with Crippen LogP contribution in [0.2, 0.25) is 0 Å². The topological polar surface area (TPSA) is 50.4 Å². The zero-order chi connectivity index (χ0) is 13.0. The lowest BCUT2D eigenvalue weighted by molar-refractivity contribution is 0.0920. The molecule has 1 heterocycles. The van der Waals surface area contributed by atoms with Gasteiger partial charge in [0.2, 0.25) is 0 Å². The van der Waals surface area contributed by atoms with Gasteiger partial charge >= 0.3 is 0 Å². The second-order valence-corrected chi connectivity index (χ2v) is 4.69. The first-order valence-corrected chi connectivity index (χ1v) is 6.39. The molecule has 0 bridgehead atoms. The van der Waals surface area contributed by atoms with Gasteiger partial charge in [-0.15, -0.1) is 12.4 Å². The fourth-order valence-electron chi connectivity index (χ4n) is 2.24. The molecular weight excluding hydrogens is 264 g/mol. The van der Waals surface area contributed by atoms with Crippen molar-refractivity contribution < 1.29 is 9.53 Å². The van der Waals surface area contributed by atoms with Crippen molar-refractivity contribution in [2.45, 2.75) is 31.8 Å². The Balaban J connectivity index is 0.00000180. The van der Waals surface area contributed by atoms with E-state index in [0.29, 0.717) is 11.6 Å². The van der Waals surface area contributed by atoms with Crippen molar-refractivity contribution in [3.63, 3.8) is 0 Å². The van der Waals surface area contributed by atoms with E-state index in [-0.39, 0.29) is 24.4 Å². The highest BCUT2D eigenvalue weighted by Gasteiger charge is 2.22. The summed E-state index contributed by atoms with van der Waals surface area (Å²) in [6.45, 7) is 3.15. The molecule has 1 aromatic carbocycles. The van der Waals surface area contributed by atoms with E-state index in [2.05, 4.69) is 17.6 Å². The molecule has 1 aromatic rings. The van der Waals surface area contributed by atoms with Crippen LogP contribution >= 0.6 is 12.4 Å². The molecule has 1 saturated heterocycles. The summed E-state index contributed by atoms with van der Waals surface area (Å²) in [6.07, 6.45) is 2.15. The summed E-state index contributed by atoms with van der Waals surface area (Å²) in [5, 5.41) is 6.45. The third kappa shape index (κ3) is 4.11. The summed E-state index contributed by atoms with van der Waals surface area (Å²) >= 11 is 0. The summed E-state index contributed by atoms with van der Waals surface area (Å²) in [5.41, 5.74) is 0.675. The highest BCUT2D eigenvalue weighted by Crippen LogP contribution is 2.13. The van der Waals surface area contributed by atoms with Gasteiger partial charge in [-0.2, -0.15) is 0 Å². The Kier molecular flexibility index (Phi) is 6.12. The number of hydrogen-bond donors (Lipinski definition) is 2. The molecule has 2 atom stereocenters. The summed E-state index contributed by atoms with van der Waals surface area (Å²) < 4.78 is 5.07. The number of hydrogen-bond acceptors (Lipinski definition) is 3. The molecule has 2 rings (SSSR count). The Morgan fingerprint density at radius 2 is 2.05 bits per heavy atom. The Labute approximate surface area is 120 Å². The SMILES string of the molecule is COc1ccc(C(=O)NC2CCCNC2C)cc1.Cl. The lowest BCUT2D eigenvalue weighted by atomic mass is 9.99. The summed E-state index contributed by atoms with van der Waals surface area (Å²) in [4.78, 5) is 12.1. The molecule has 1 aliphatic heterocycles. The number of nitrogens with one attached hydrogen (secondary N) is 2. The van der Waals surface area contributed by atoms with Crippen LogP contribution in [0.3, 0.4) is 0 Å². The molecule has 2 unspecified atom stereocenters. The van der Waals surface area contributed by atoms with Crippen LogP contribution in [0.25, 0.3) is 0 Å². The maximum absolute atomic E-state index is 12.1. The monoisotopic (exact) mass is 284 g/mol. The van der Waals surface area contributed by atoms with E-state index >= 15 is 0 Å². The van der Waals surface area contributed by atoms with E-state index in [1.54, 1.807) is 31.4 Å². The third-order valence-electron chi connectivity index (χ3n) is 3.43. The molecule has 0 radical (unpaired) electrons. The minimum absolute atomic E-state index is 0. The molecule has 2 N–H and O–H groups in total. The minimum Gasteiger partial charge on any atom is -0.497 e. The number of benzene rings is 1.